The van der Waals surface area contributed by atoms with E-state index in [9.17, 15) is 5.11 Å². The third kappa shape index (κ3) is 4.40. The van der Waals surface area contributed by atoms with Gasteiger partial charge in [0.05, 0.1) is 5.60 Å². The van der Waals surface area contributed by atoms with Gasteiger partial charge in [-0.1, -0.05) is 0 Å². The molecule has 0 aromatic carbocycles. The van der Waals surface area contributed by atoms with Crippen LogP contribution >= 0.6 is 0 Å². The van der Waals surface area contributed by atoms with E-state index in [0.717, 1.165) is 51.9 Å². The Hall–Kier alpha value is -0.120. The molecule has 84 valence electrons. The molecule has 14 heavy (non-hydrogen) atoms. The number of nitrogens with zero attached hydrogens (tertiary/aromatic N) is 1. The number of hydrogen-bond donors (Lipinski definition) is 2. The number of rotatable bonds is 4. The minimum Gasteiger partial charge on any atom is -0.390 e. The fourth-order valence-corrected chi connectivity index (χ4v) is 2.02. The zero-order chi connectivity index (χ0) is 10.4. The first-order valence-corrected chi connectivity index (χ1v) is 5.79. The number of nitrogens with two attached hydrogens (primary N) is 1. The maximum absolute atomic E-state index is 9.90. The molecule has 1 fully saturated rings. The molecule has 1 atom stereocenters. The van der Waals surface area contributed by atoms with Crippen molar-refractivity contribution in [3.05, 3.63) is 0 Å². The lowest BCUT2D eigenvalue weighted by Gasteiger charge is -2.22. The molecule has 0 saturated carbocycles. The lowest BCUT2D eigenvalue weighted by molar-refractivity contribution is 0.0446. The smallest absolute Gasteiger partial charge is 0.0632 e. The van der Waals surface area contributed by atoms with Crippen LogP contribution in [-0.4, -0.2) is 41.8 Å². The van der Waals surface area contributed by atoms with Crippen molar-refractivity contribution in [3.63, 3.8) is 0 Å². The molecule has 0 bridgehead atoms. The second-order valence-electron chi connectivity index (χ2n) is 4.69. The van der Waals surface area contributed by atoms with Gasteiger partial charge in [-0.2, -0.15) is 0 Å². The van der Waals surface area contributed by atoms with Gasteiger partial charge in [0.2, 0.25) is 0 Å². The SMILES string of the molecule is CC1(O)CCCN(CCCCN)CC1. The maximum Gasteiger partial charge on any atom is 0.0632 e. The number of hydrogen-bond acceptors (Lipinski definition) is 3. The second-order valence-corrected chi connectivity index (χ2v) is 4.69. The first kappa shape index (κ1) is 12.0. The minimum absolute atomic E-state index is 0.428. The highest BCUT2D eigenvalue weighted by Gasteiger charge is 2.24. The highest BCUT2D eigenvalue weighted by molar-refractivity contribution is 4.78. The molecule has 0 amide bonds. The molecule has 3 nitrogen and oxygen atoms in total. The Morgan fingerprint density at radius 3 is 2.79 bits per heavy atom. The largest absolute Gasteiger partial charge is 0.390 e. The highest BCUT2D eigenvalue weighted by Crippen LogP contribution is 2.21. The van der Waals surface area contributed by atoms with Crippen molar-refractivity contribution in [2.24, 2.45) is 5.73 Å². The molecule has 1 aliphatic rings. The van der Waals surface area contributed by atoms with Gasteiger partial charge in [-0.25, -0.2) is 0 Å². The van der Waals surface area contributed by atoms with Crippen molar-refractivity contribution < 1.29 is 5.11 Å². The average molecular weight is 200 g/mol. The van der Waals surface area contributed by atoms with E-state index in [1.807, 2.05) is 6.92 Å². The van der Waals surface area contributed by atoms with Crippen molar-refractivity contribution in [1.82, 2.24) is 4.90 Å². The van der Waals surface area contributed by atoms with E-state index >= 15 is 0 Å². The van der Waals surface area contributed by atoms with Gasteiger partial charge in [-0.05, 0) is 58.7 Å². The van der Waals surface area contributed by atoms with Crippen molar-refractivity contribution in [3.8, 4) is 0 Å². The molecule has 0 spiro atoms. The molecule has 3 heteroatoms. The van der Waals surface area contributed by atoms with Crippen LogP contribution in [0.1, 0.15) is 39.0 Å². The van der Waals surface area contributed by atoms with Crippen LogP contribution in [-0.2, 0) is 0 Å². The average Bonchev–Trinajstić information content (AvgIpc) is 2.28. The quantitative estimate of drug-likeness (QED) is 0.665. The Labute approximate surface area is 87.3 Å². The summed E-state index contributed by atoms with van der Waals surface area (Å²) < 4.78 is 0. The van der Waals surface area contributed by atoms with Crippen molar-refractivity contribution in [1.29, 1.82) is 0 Å². The molecule has 1 saturated heterocycles. The van der Waals surface area contributed by atoms with Crippen molar-refractivity contribution in [2.75, 3.05) is 26.2 Å². The Kier molecular flexibility index (Phi) is 4.85. The summed E-state index contributed by atoms with van der Waals surface area (Å²) in [6.45, 7) is 6.08. The summed E-state index contributed by atoms with van der Waals surface area (Å²) in [5.74, 6) is 0. The van der Waals surface area contributed by atoms with Gasteiger partial charge in [0.25, 0.3) is 0 Å². The minimum atomic E-state index is -0.428. The van der Waals surface area contributed by atoms with Gasteiger partial charge in [0.1, 0.15) is 0 Å². The van der Waals surface area contributed by atoms with Gasteiger partial charge < -0.3 is 15.7 Å². The number of aliphatic hydroxyl groups is 1. The standard InChI is InChI=1S/C11H24N2O/c1-11(14)5-4-9-13(10-6-11)8-3-2-7-12/h14H,2-10,12H2,1H3. The molecule has 1 rings (SSSR count). The fourth-order valence-electron chi connectivity index (χ4n) is 2.02. The monoisotopic (exact) mass is 200 g/mol. The molecular weight excluding hydrogens is 176 g/mol. The predicted octanol–water partition coefficient (Wildman–Crippen LogP) is 0.962. The van der Waals surface area contributed by atoms with Crippen molar-refractivity contribution >= 4 is 0 Å². The van der Waals surface area contributed by atoms with Gasteiger partial charge in [-0.15, -0.1) is 0 Å². The van der Waals surface area contributed by atoms with E-state index in [-0.39, 0.29) is 0 Å². The summed E-state index contributed by atoms with van der Waals surface area (Å²) in [6.07, 6.45) is 5.29. The van der Waals surface area contributed by atoms with Crippen LogP contribution in [0.2, 0.25) is 0 Å². The molecule has 1 aliphatic heterocycles. The maximum atomic E-state index is 9.90. The summed E-state index contributed by atoms with van der Waals surface area (Å²) in [5, 5.41) is 9.90. The summed E-state index contributed by atoms with van der Waals surface area (Å²) in [4.78, 5) is 2.46. The molecule has 3 N–H and O–H groups in total. The third-order valence-corrected chi connectivity index (χ3v) is 3.08. The highest BCUT2D eigenvalue weighted by atomic mass is 16.3. The molecule has 0 aliphatic carbocycles. The Balaban J connectivity index is 2.21. The number of unbranched alkanes of at least 4 members (excludes halogenated alkanes) is 1. The van der Waals surface area contributed by atoms with Crippen LogP contribution in [0.25, 0.3) is 0 Å². The Morgan fingerprint density at radius 1 is 1.29 bits per heavy atom. The molecule has 1 unspecified atom stereocenters. The summed E-state index contributed by atoms with van der Waals surface area (Å²) in [7, 11) is 0. The van der Waals surface area contributed by atoms with E-state index in [1.165, 1.54) is 6.42 Å². The molecule has 0 radical (unpaired) electrons. The van der Waals surface area contributed by atoms with Crippen LogP contribution in [0.5, 0.6) is 0 Å². The van der Waals surface area contributed by atoms with Gasteiger partial charge in [0, 0.05) is 6.54 Å². The topological polar surface area (TPSA) is 49.5 Å². The van der Waals surface area contributed by atoms with Crippen LogP contribution in [0.3, 0.4) is 0 Å². The van der Waals surface area contributed by atoms with Crippen LogP contribution in [0, 0.1) is 0 Å². The van der Waals surface area contributed by atoms with Crippen LogP contribution < -0.4 is 5.73 Å². The molecule has 0 aromatic rings. The molecule has 0 aromatic heterocycles. The second kappa shape index (κ2) is 5.69. The third-order valence-electron chi connectivity index (χ3n) is 3.08. The van der Waals surface area contributed by atoms with Crippen molar-refractivity contribution in [2.45, 2.75) is 44.6 Å². The zero-order valence-corrected chi connectivity index (χ0v) is 9.34. The van der Waals surface area contributed by atoms with E-state index < -0.39 is 5.60 Å². The predicted molar refractivity (Wildman–Crippen MR) is 59.2 cm³/mol. The zero-order valence-electron chi connectivity index (χ0n) is 9.34. The van der Waals surface area contributed by atoms with E-state index in [2.05, 4.69) is 4.90 Å². The molecule has 1 heterocycles. The van der Waals surface area contributed by atoms with E-state index in [4.69, 9.17) is 5.73 Å². The van der Waals surface area contributed by atoms with Gasteiger partial charge >= 0.3 is 0 Å². The summed E-state index contributed by atoms with van der Waals surface area (Å²) >= 11 is 0. The number of likely N-dealkylation sites (tertiary alicyclic amines) is 1. The fraction of sp³-hybridized carbons (Fsp3) is 1.00. The normalized spacial score (nSPS) is 30.2. The van der Waals surface area contributed by atoms with Crippen LogP contribution in [0.15, 0.2) is 0 Å². The van der Waals surface area contributed by atoms with E-state index in [1.54, 1.807) is 0 Å². The summed E-state index contributed by atoms with van der Waals surface area (Å²) in [5.41, 5.74) is 5.03. The Morgan fingerprint density at radius 2 is 2.07 bits per heavy atom. The lowest BCUT2D eigenvalue weighted by Crippen LogP contribution is -2.29. The summed E-state index contributed by atoms with van der Waals surface area (Å²) in [6, 6.07) is 0. The van der Waals surface area contributed by atoms with Crippen LogP contribution in [0.4, 0.5) is 0 Å². The van der Waals surface area contributed by atoms with Gasteiger partial charge in [-0.3, -0.25) is 0 Å². The van der Waals surface area contributed by atoms with Gasteiger partial charge in [0.15, 0.2) is 0 Å². The first-order chi connectivity index (χ1) is 6.64. The Bertz CT molecular complexity index is 159. The first-order valence-electron chi connectivity index (χ1n) is 5.79. The lowest BCUT2D eigenvalue weighted by atomic mass is 9.98. The van der Waals surface area contributed by atoms with E-state index in [0.29, 0.717) is 0 Å². The molecular formula is C11H24N2O.